The zero-order valence-corrected chi connectivity index (χ0v) is 15.2. The van der Waals surface area contributed by atoms with Gasteiger partial charge in [-0.2, -0.15) is 0 Å². The van der Waals surface area contributed by atoms with Crippen molar-refractivity contribution in [3.63, 3.8) is 0 Å². The summed E-state index contributed by atoms with van der Waals surface area (Å²) in [6, 6.07) is 13.3. The number of hydrogen-bond acceptors (Lipinski definition) is 2. The first-order chi connectivity index (χ1) is 12.9. The Kier molecular flexibility index (Phi) is 4.25. The van der Waals surface area contributed by atoms with Crippen molar-refractivity contribution in [2.45, 2.75) is 44.7 Å². The Bertz CT molecular complexity index is 898. The minimum absolute atomic E-state index is 0.107. The van der Waals surface area contributed by atoms with Gasteiger partial charge in [-0.15, -0.1) is 0 Å². The van der Waals surface area contributed by atoms with Crippen molar-refractivity contribution in [1.82, 2.24) is 4.90 Å². The number of carbonyl (C=O) groups is 2. The summed E-state index contributed by atoms with van der Waals surface area (Å²) in [5, 5.41) is 10.1. The summed E-state index contributed by atoms with van der Waals surface area (Å²) in [6.07, 6.45) is 2.32. The third-order valence-corrected chi connectivity index (χ3v) is 6.19. The summed E-state index contributed by atoms with van der Waals surface area (Å²) in [7, 11) is 0. The third-order valence-electron chi connectivity index (χ3n) is 6.19. The highest BCUT2D eigenvalue weighted by Crippen LogP contribution is 2.52. The number of carboxylic acids is 1. The van der Waals surface area contributed by atoms with Gasteiger partial charge in [-0.05, 0) is 55.9 Å². The van der Waals surface area contributed by atoms with Gasteiger partial charge in [-0.3, -0.25) is 9.59 Å². The molecule has 2 aliphatic rings. The predicted molar refractivity (Wildman–Crippen MR) is 98.9 cm³/mol. The molecule has 0 radical (unpaired) electrons. The fourth-order valence-electron chi connectivity index (χ4n) is 4.91. The molecular weight excluding hydrogens is 345 g/mol. The average Bonchev–Trinajstić information content (AvgIpc) is 3.20. The van der Waals surface area contributed by atoms with Crippen LogP contribution in [0.3, 0.4) is 0 Å². The number of nitrogens with zero attached hydrogens (tertiary/aromatic N) is 1. The number of aliphatic carboxylic acids is 1. The summed E-state index contributed by atoms with van der Waals surface area (Å²) in [4.78, 5) is 27.3. The van der Waals surface area contributed by atoms with Crippen LogP contribution < -0.4 is 0 Å². The van der Waals surface area contributed by atoms with E-state index in [2.05, 4.69) is 0 Å². The van der Waals surface area contributed by atoms with Gasteiger partial charge in [0.15, 0.2) is 0 Å². The number of carbonyl (C=O) groups excluding carboxylic acids is 1. The van der Waals surface area contributed by atoms with Crippen molar-refractivity contribution in [1.29, 1.82) is 0 Å². The highest BCUT2D eigenvalue weighted by Gasteiger charge is 2.61. The fraction of sp³-hybridized carbons (Fsp3) is 0.364. The zero-order chi connectivity index (χ0) is 19.2. The normalized spacial score (nSPS) is 26.4. The number of amides is 1. The quantitative estimate of drug-likeness (QED) is 0.894. The molecule has 2 aliphatic heterocycles. The van der Waals surface area contributed by atoms with Crippen molar-refractivity contribution in [2.75, 3.05) is 0 Å². The minimum atomic E-state index is -0.985. The molecule has 0 aromatic heterocycles. The molecule has 2 bridgehead atoms. The summed E-state index contributed by atoms with van der Waals surface area (Å²) in [5.41, 5.74) is 1.01. The van der Waals surface area contributed by atoms with Crippen LogP contribution >= 0.6 is 0 Å². The molecule has 2 aromatic carbocycles. The van der Waals surface area contributed by atoms with E-state index in [1.807, 2.05) is 30.3 Å². The van der Waals surface area contributed by atoms with Crippen LogP contribution in [0.5, 0.6) is 0 Å². The van der Waals surface area contributed by atoms with Crippen LogP contribution in [0.25, 0.3) is 0 Å². The first kappa shape index (κ1) is 17.7. The summed E-state index contributed by atoms with van der Waals surface area (Å²) >= 11 is 0. The van der Waals surface area contributed by atoms with Crippen molar-refractivity contribution in [3.05, 3.63) is 71.0 Å². The summed E-state index contributed by atoms with van der Waals surface area (Å²) < 4.78 is 13.7. The molecule has 0 spiro atoms. The second kappa shape index (κ2) is 6.48. The summed E-state index contributed by atoms with van der Waals surface area (Å²) in [5.74, 6) is -1.56. The van der Waals surface area contributed by atoms with Crippen molar-refractivity contribution in [3.8, 4) is 0 Å². The molecule has 4 rings (SSSR count). The molecule has 0 saturated carbocycles. The van der Waals surface area contributed by atoms with Crippen LogP contribution in [0.2, 0.25) is 0 Å². The van der Waals surface area contributed by atoms with E-state index in [4.69, 9.17) is 0 Å². The van der Waals surface area contributed by atoms with E-state index in [1.165, 1.54) is 12.1 Å². The van der Waals surface area contributed by atoms with Gasteiger partial charge in [0.2, 0.25) is 0 Å². The molecule has 0 unspecified atom stereocenters. The Morgan fingerprint density at radius 1 is 1.19 bits per heavy atom. The maximum atomic E-state index is 13.7. The Hall–Kier alpha value is -2.69. The van der Waals surface area contributed by atoms with Gasteiger partial charge < -0.3 is 10.0 Å². The highest BCUT2D eigenvalue weighted by atomic mass is 19.1. The van der Waals surface area contributed by atoms with Gasteiger partial charge in [0, 0.05) is 17.6 Å². The molecular formula is C22H22FNO3. The van der Waals surface area contributed by atoms with Crippen LogP contribution in [0.4, 0.5) is 4.39 Å². The van der Waals surface area contributed by atoms with Gasteiger partial charge in [0.25, 0.3) is 5.91 Å². The van der Waals surface area contributed by atoms with Crippen LogP contribution in [-0.2, 0) is 11.2 Å². The molecule has 1 amide bonds. The van der Waals surface area contributed by atoms with E-state index in [-0.39, 0.29) is 18.0 Å². The first-order valence-electron chi connectivity index (χ1n) is 9.28. The number of hydrogen-bond donors (Lipinski definition) is 1. The lowest BCUT2D eigenvalue weighted by molar-refractivity contribution is -0.150. The molecule has 27 heavy (non-hydrogen) atoms. The number of fused-ring (bicyclic) bond motifs is 2. The topological polar surface area (TPSA) is 57.6 Å². The lowest BCUT2D eigenvalue weighted by Gasteiger charge is -2.33. The number of rotatable bonds is 4. The standard InChI is InChI=1S/C22H22FNO3/c1-14-7-8-16(23)11-18(14)20(25)24-17-9-10-19(24)22(13-17,21(26)27)12-15-5-3-2-4-6-15/h2-8,11,17,19H,9-10,12-13H2,1H3,(H,26,27)/t17-,19+,22+/m0/s1. The molecule has 140 valence electrons. The van der Waals surface area contributed by atoms with E-state index in [9.17, 15) is 19.1 Å². The van der Waals surface area contributed by atoms with E-state index >= 15 is 0 Å². The predicted octanol–water partition coefficient (Wildman–Crippen LogP) is 3.82. The molecule has 3 atom stereocenters. The van der Waals surface area contributed by atoms with Gasteiger partial charge >= 0.3 is 5.97 Å². The van der Waals surface area contributed by atoms with Gasteiger partial charge in [-0.25, -0.2) is 4.39 Å². The molecule has 4 nitrogen and oxygen atoms in total. The van der Waals surface area contributed by atoms with Crippen LogP contribution in [0.1, 0.15) is 40.7 Å². The average molecular weight is 367 g/mol. The van der Waals surface area contributed by atoms with E-state index < -0.39 is 17.2 Å². The Labute approximate surface area is 157 Å². The Morgan fingerprint density at radius 2 is 1.93 bits per heavy atom. The van der Waals surface area contributed by atoms with Crippen molar-refractivity contribution < 1.29 is 19.1 Å². The molecule has 5 heteroatoms. The SMILES string of the molecule is Cc1ccc(F)cc1C(=O)N1[C@H]2CC[C@@H]1[C@](Cc1ccccc1)(C(=O)O)C2. The molecule has 0 aliphatic carbocycles. The number of carboxylic acid groups (broad SMARTS) is 1. The second-order valence-corrected chi connectivity index (χ2v) is 7.75. The number of benzene rings is 2. The smallest absolute Gasteiger partial charge is 0.312 e. The molecule has 1 N–H and O–H groups in total. The van der Waals surface area contributed by atoms with Gasteiger partial charge in [0.1, 0.15) is 5.82 Å². The van der Waals surface area contributed by atoms with E-state index in [0.717, 1.165) is 12.0 Å². The first-order valence-corrected chi connectivity index (χ1v) is 9.28. The van der Waals surface area contributed by atoms with Gasteiger partial charge in [0.05, 0.1) is 5.41 Å². The van der Waals surface area contributed by atoms with E-state index in [0.29, 0.717) is 30.4 Å². The van der Waals surface area contributed by atoms with Crippen molar-refractivity contribution in [2.24, 2.45) is 5.41 Å². The Morgan fingerprint density at radius 3 is 2.63 bits per heavy atom. The number of halogens is 1. The highest BCUT2D eigenvalue weighted by molar-refractivity contribution is 5.97. The largest absolute Gasteiger partial charge is 0.481 e. The monoisotopic (exact) mass is 367 g/mol. The third kappa shape index (κ3) is 2.82. The minimum Gasteiger partial charge on any atom is -0.481 e. The Balaban J connectivity index is 1.70. The molecule has 2 saturated heterocycles. The maximum absolute atomic E-state index is 13.7. The summed E-state index contributed by atoms with van der Waals surface area (Å²) in [6.45, 7) is 1.78. The zero-order valence-electron chi connectivity index (χ0n) is 15.2. The maximum Gasteiger partial charge on any atom is 0.312 e. The molecule has 2 aromatic rings. The lowest BCUT2D eigenvalue weighted by atomic mass is 9.70. The van der Waals surface area contributed by atoms with E-state index in [1.54, 1.807) is 17.9 Å². The van der Waals surface area contributed by atoms with Gasteiger partial charge in [-0.1, -0.05) is 36.4 Å². The van der Waals surface area contributed by atoms with Crippen LogP contribution in [0.15, 0.2) is 48.5 Å². The van der Waals surface area contributed by atoms with Crippen LogP contribution in [-0.4, -0.2) is 34.0 Å². The molecule has 2 heterocycles. The fourth-order valence-corrected chi connectivity index (χ4v) is 4.91. The second-order valence-electron chi connectivity index (χ2n) is 7.75. The molecule has 2 fully saturated rings. The number of aryl methyl sites for hydroxylation is 1. The van der Waals surface area contributed by atoms with Crippen LogP contribution in [0, 0.1) is 18.2 Å². The lowest BCUT2D eigenvalue weighted by Crippen LogP contribution is -2.46. The van der Waals surface area contributed by atoms with Crippen molar-refractivity contribution >= 4 is 11.9 Å².